The SMILES string of the molecule is CC(CCCNC(=O)NCc1cn[nH]c1)C(=O)O. The molecule has 0 bridgehead atoms. The second-order valence-electron chi connectivity index (χ2n) is 4.10. The summed E-state index contributed by atoms with van der Waals surface area (Å²) < 4.78 is 0. The van der Waals surface area contributed by atoms with Crippen molar-refractivity contribution in [3.8, 4) is 0 Å². The molecule has 2 amide bonds. The van der Waals surface area contributed by atoms with Crippen LogP contribution in [-0.4, -0.2) is 33.8 Å². The molecule has 0 aromatic carbocycles. The third-order valence-corrected chi connectivity index (χ3v) is 2.53. The molecule has 7 heteroatoms. The van der Waals surface area contributed by atoms with Crippen LogP contribution in [0.25, 0.3) is 0 Å². The number of aromatic amines is 1. The molecule has 4 N–H and O–H groups in total. The van der Waals surface area contributed by atoms with Gasteiger partial charge in [0.1, 0.15) is 0 Å². The molecule has 1 heterocycles. The number of H-pyrrole nitrogens is 1. The Hall–Kier alpha value is -2.05. The third-order valence-electron chi connectivity index (χ3n) is 2.53. The van der Waals surface area contributed by atoms with E-state index in [1.807, 2.05) is 0 Å². The van der Waals surface area contributed by atoms with Gasteiger partial charge in [0.2, 0.25) is 0 Å². The van der Waals surface area contributed by atoms with Crippen LogP contribution >= 0.6 is 0 Å². The number of amides is 2. The standard InChI is InChI=1S/C11H18N4O3/c1-8(10(16)17)3-2-4-12-11(18)13-5-9-6-14-15-7-9/h6-8H,2-5H2,1H3,(H,14,15)(H,16,17)(H2,12,13,18). The first-order valence-electron chi connectivity index (χ1n) is 5.81. The van der Waals surface area contributed by atoms with E-state index in [9.17, 15) is 9.59 Å². The summed E-state index contributed by atoms with van der Waals surface area (Å²) in [5.74, 6) is -1.18. The lowest BCUT2D eigenvalue weighted by Crippen LogP contribution is -2.35. The number of nitrogens with zero attached hydrogens (tertiary/aromatic N) is 1. The maximum atomic E-state index is 11.3. The van der Waals surface area contributed by atoms with Crippen molar-refractivity contribution in [1.82, 2.24) is 20.8 Å². The van der Waals surface area contributed by atoms with Gasteiger partial charge in [-0.3, -0.25) is 9.89 Å². The van der Waals surface area contributed by atoms with Crippen molar-refractivity contribution in [2.45, 2.75) is 26.3 Å². The Morgan fingerprint density at radius 3 is 2.89 bits per heavy atom. The Morgan fingerprint density at radius 2 is 2.28 bits per heavy atom. The van der Waals surface area contributed by atoms with Gasteiger partial charge in [0.15, 0.2) is 0 Å². The van der Waals surface area contributed by atoms with E-state index >= 15 is 0 Å². The number of carbonyl (C=O) groups is 2. The first-order chi connectivity index (χ1) is 8.59. The Bertz CT molecular complexity index is 378. The van der Waals surface area contributed by atoms with Crippen molar-refractivity contribution >= 4 is 12.0 Å². The topological polar surface area (TPSA) is 107 Å². The number of hydrogen-bond donors (Lipinski definition) is 4. The number of carboxylic acid groups (broad SMARTS) is 1. The van der Waals surface area contributed by atoms with E-state index in [0.29, 0.717) is 25.9 Å². The summed E-state index contributed by atoms with van der Waals surface area (Å²) in [5, 5.41) is 20.4. The summed E-state index contributed by atoms with van der Waals surface area (Å²) in [6.45, 7) is 2.53. The van der Waals surface area contributed by atoms with Crippen LogP contribution in [0, 0.1) is 5.92 Å². The minimum atomic E-state index is -0.806. The largest absolute Gasteiger partial charge is 0.481 e. The maximum Gasteiger partial charge on any atom is 0.315 e. The van der Waals surface area contributed by atoms with E-state index in [1.54, 1.807) is 19.3 Å². The molecular formula is C11H18N4O3. The summed E-state index contributed by atoms with van der Waals surface area (Å²) >= 11 is 0. The van der Waals surface area contributed by atoms with Crippen LogP contribution in [0.15, 0.2) is 12.4 Å². The van der Waals surface area contributed by atoms with Gasteiger partial charge in [0.05, 0.1) is 12.1 Å². The average molecular weight is 254 g/mol. The van der Waals surface area contributed by atoms with Gasteiger partial charge in [0.25, 0.3) is 0 Å². The van der Waals surface area contributed by atoms with Crippen LogP contribution < -0.4 is 10.6 Å². The highest BCUT2D eigenvalue weighted by molar-refractivity contribution is 5.73. The number of nitrogens with one attached hydrogen (secondary N) is 3. The lowest BCUT2D eigenvalue weighted by atomic mass is 10.1. The van der Waals surface area contributed by atoms with E-state index in [0.717, 1.165) is 5.56 Å². The van der Waals surface area contributed by atoms with Crippen molar-refractivity contribution < 1.29 is 14.7 Å². The van der Waals surface area contributed by atoms with Crippen LogP contribution in [0.5, 0.6) is 0 Å². The van der Waals surface area contributed by atoms with Gasteiger partial charge < -0.3 is 15.7 Å². The van der Waals surface area contributed by atoms with Crippen LogP contribution in [0.4, 0.5) is 4.79 Å². The molecular weight excluding hydrogens is 236 g/mol. The van der Waals surface area contributed by atoms with Gasteiger partial charge >= 0.3 is 12.0 Å². The van der Waals surface area contributed by atoms with Gasteiger partial charge in [-0.15, -0.1) is 0 Å². The maximum absolute atomic E-state index is 11.3. The Labute approximate surface area is 105 Å². The van der Waals surface area contributed by atoms with Gasteiger partial charge in [-0.1, -0.05) is 6.92 Å². The molecule has 1 atom stereocenters. The molecule has 0 aliphatic heterocycles. The number of carbonyl (C=O) groups excluding carboxylic acids is 1. The first kappa shape index (κ1) is 14.0. The first-order valence-corrected chi connectivity index (χ1v) is 5.81. The molecule has 0 aliphatic carbocycles. The second kappa shape index (κ2) is 7.31. The van der Waals surface area contributed by atoms with Crippen molar-refractivity contribution in [1.29, 1.82) is 0 Å². The number of rotatable bonds is 7. The molecule has 100 valence electrons. The van der Waals surface area contributed by atoms with Crippen LogP contribution in [0.3, 0.4) is 0 Å². The minimum absolute atomic E-state index is 0.265. The van der Waals surface area contributed by atoms with Crippen molar-refractivity contribution in [3.63, 3.8) is 0 Å². The van der Waals surface area contributed by atoms with E-state index < -0.39 is 5.97 Å². The normalized spacial score (nSPS) is 11.8. The van der Waals surface area contributed by atoms with Crippen LogP contribution in [0.1, 0.15) is 25.3 Å². The molecule has 18 heavy (non-hydrogen) atoms. The van der Waals surface area contributed by atoms with Gasteiger partial charge in [-0.05, 0) is 12.8 Å². The zero-order valence-electron chi connectivity index (χ0n) is 10.3. The molecule has 0 saturated heterocycles. The number of carboxylic acids is 1. The van der Waals surface area contributed by atoms with Crippen molar-refractivity contribution in [2.24, 2.45) is 5.92 Å². The zero-order valence-corrected chi connectivity index (χ0v) is 10.3. The highest BCUT2D eigenvalue weighted by atomic mass is 16.4. The van der Waals surface area contributed by atoms with Crippen molar-refractivity contribution in [2.75, 3.05) is 6.54 Å². The summed E-state index contributed by atoms with van der Waals surface area (Å²) in [7, 11) is 0. The molecule has 0 aliphatic rings. The molecule has 0 saturated carbocycles. The highest BCUT2D eigenvalue weighted by Gasteiger charge is 2.09. The highest BCUT2D eigenvalue weighted by Crippen LogP contribution is 2.04. The molecule has 1 aromatic rings. The fraction of sp³-hybridized carbons (Fsp3) is 0.545. The van der Waals surface area contributed by atoms with Crippen LogP contribution in [-0.2, 0) is 11.3 Å². The van der Waals surface area contributed by atoms with Gasteiger partial charge in [-0.25, -0.2) is 4.79 Å². The Morgan fingerprint density at radius 1 is 1.50 bits per heavy atom. The second-order valence-corrected chi connectivity index (χ2v) is 4.10. The fourth-order valence-corrected chi connectivity index (χ4v) is 1.35. The predicted molar refractivity (Wildman–Crippen MR) is 64.9 cm³/mol. The van der Waals surface area contributed by atoms with E-state index in [1.165, 1.54) is 0 Å². The van der Waals surface area contributed by atoms with Gasteiger partial charge in [0, 0.05) is 24.8 Å². The number of urea groups is 1. The third kappa shape index (κ3) is 5.33. The Balaban J connectivity index is 2.05. The lowest BCUT2D eigenvalue weighted by Gasteiger charge is -2.08. The summed E-state index contributed by atoms with van der Waals surface area (Å²) in [5.41, 5.74) is 0.893. The number of hydrogen-bond acceptors (Lipinski definition) is 3. The predicted octanol–water partition coefficient (Wildman–Crippen LogP) is 0.710. The van der Waals surface area contributed by atoms with E-state index in [4.69, 9.17) is 5.11 Å². The molecule has 7 nitrogen and oxygen atoms in total. The molecule has 1 rings (SSSR count). The summed E-state index contributed by atoms with van der Waals surface area (Å²) in [6, 6.07) is -0.265. The smallest absolute Gasteiger partial charge is 0.315 e. The van der Waals surface area contributed by atoms with Crippen LogP contribution in [0.2, 0.25) is 0 Å². The molecule has 1 aromatic heterocycles. The van der Waals surface area contributed by atoms with Gasteiger partial charge in [-0.2, -0.15) is 5.10 Å². The number of aliphatic carboxylic acids is 1. The summed E-state index contributed by atoms with van der Waals surface area (Å²) in [4.78, 5) is 21.9. The lowest BCUT2D eigenvalue weighted by molar-refractivity contribution is -0.141. The molecule has 0 radical (unpaired) electrons. The minimum Gasteiger partial charge on any atom is -0.481 e. The van der Waals surface area contributed by atoms with Crippen molar-refractivity contribution in [3.05, 3.63) is 18.0 Å². The quantitative estimate of drug-likeness (QED) is 0.537. The van der Waals surface area contributed by atoms with E-state index in [-0.39, 0.29) is 11.9 Å². The fourth-order valence-electron chi connectivity index (χ4n) is 1.35. The monoisotopic (exact) mass is 254 g/mol. The average Bonchev–Trinajstić information content (AvgIpc) is 2.84. The summed E-state index contributed by atoms with van der Waals surface area (Å²) in [6.07, 6.45) is 4.54. The van der Waals surface area contributed by atoms with E-state index in [2.05, 4.69) is 20.8 Å². The Kier molecular flexibility index (Phi) is 5.69. The molecule has 0 spiro atoms. The number of aromatic nitrogens is 2. The molecule has 0 fully saturated rings. The zero-order chi connectivity index (χ0) is 13.4. The molecule has 1 unspecified atom stereocenters.